The minimum atomic E-state index is -1.12. The standard InChI is InChI=1S/C20H15ClFN3O2/c1-20(2)19-23-15(18(26)27)10-25(19)16-8-7-11(21)9-13(16)17(24-20)12-5-3-4-6-14(12)22/h3-10H,1-2H3,(H,26,27). The number of fused-ring (bicyclic) bond motifs is 3. The molecule has 1 aliphatic heterocycles. The van der Waals surface area contributed by atoms with E-state index >= 15 is 0 Å². The van der Waals surface area contributed by atoms with Crippen LogP contribution >= 0.6 is 11.6 Å². The molecule has 0 bridgehead atoms. The summed E-state index contributed by atoms with van der Waals surface area (Å²) in [6, 6.07) is 11.5. The first-order valence-electron chi connectivity index (χ1n) is 8.26. The van der Waals surface area contributed by atoms with E-state index in [1.165, 1.54) is 12.3 Å². The van der Waals surface area contributed by atoms with Gasteiger partial charge in [0.25, 0.3) is 0 Å². The zero-order valence-corrected chi connectivity index (χ0v) is 15.3. The highest BCUT2D eigenvalue weighted by molar-refractivity contribution is 6.31. The molecule has 0 atom stereocenters. The molecule has 1 aliphatic rings. The fourth-order valence-corrected chi connectivity index (χ4v) is 3.43. The highest BCUT2D eigenvalue weighted by Crippen LogP contribution is 2.35. The van der Waals surface area contributed by atoms with Crippen LogP contribution in [0.5, 0.6) is 0 Å². The number of imidazole rings is 1. The SMILES string of the molecule is CC1(C)N=C(c2ccccc2F)c2cc(Cl)ccc2-n2cc(C(=O)O)nc21. The molecule has 2 heterocycles. The molecule has 4 rings (SSSR count). The number of carbonyl (C=O) groups is 1. The Morgan fingerprint density at radius 2 is 1.93 bits per heavy atom. The fourth-order valence-electron chi connectivity index (χ4n) is 3.25. The second kappa shape index (κ2) is 6.03. The third-order valence-corrected chi connectivity index (χ3v) is 4.70. The number of carboxylic acids is 1. The first kappa shape index (κ1) is 17.4. The van der Waals surface area contributed by atoms with Crippen molar-refractivity contribution in [3.8, 4) is 5.69 Å². The zero-order chi connectivity index (χ0) is 19.3. The van der Waals surface area contributed by atoms with Crippen molar-refractivity contribution in [3.63, 3.8) is 0 Å². The number of hydrogen-bond donors (Lipinski definition) is 1. The van der Waals surface area contributed by atoms with Gasteiger partial charge in [-0.1, -0.05) is 23.7 Å². The molecule has 5 nitrogen and oxygen atoms in total. The maximum Gasteiger partial charge on any atom is 0.356 e. The molecule has 0 spiro atoms. The average Bonchev–Trinajstić information content (AvgIpc) is 3.04. The summed E-state index contributed by atoms with van der Waals surface area (Å²) in [5, 5.41) is 9.82. The molecule has 7 heteroatoms. The lowest BCUT2D eigenvalue weighted by Gasteiger charge is -2.19. The predicted molar refractivity (Wildman–Crippen MR) is 101 cm³/mol. The Morgan fingerprint density at radius 1 is 1.19 bits per heavy atom. The van der Waals surface area contributed by atoms with Crippen molar-refractivity contribution in [2.45, 2.75) is 19.4 Å². The van der Waals surface area contributed by atoms with Crippen LogP contribution in [0.2, 0.25) is 5.02 Å². The molecule has 0 saturated heterocycles. The molecular weight excluding hydrogens is 369 g/mol. The maximum atomic E-state index is 14.6. The van der Waals surface area contributed by atoms with Crippen molar-refractivity contribution >= 4 is 23.3 Å². The van der Waals surface area contributed by atoms with E-state index in [-0.39, 0.29) is 5.69 Å². The number of nitrogens with zero attached hydrogens (tertiary/aromatic N) is 3. The number of benzene rings is 2. The van der Waals surface area contributed by atoms with Gasteiger partial charge in [-0.05, 0) is 44.2 Å². The summed E-state index contributed by atoms with van der Waals surface area (Å²) in [6.45, 7) is 3.62. The summed E-state index contributed by atoms with van der Waals surface area (Å²) < 4.78 is 16.3. The second-order valence-corrected chi connectivity index (χ2v) is 7.22. The van der Waals surface area contributed by atoms with Gasteiger partial charge >= 0.3 is 5.97 Å². The van der Waals surface area contributed by atoms with Gasteiger partial charge < -0.3 is 9.67 Å². The summed E-state index contributed by atoms with van der Waals surface area (Å²) >= 11 is 6.21. The molecule has 0 radical (unpaired) electrons. The van der Waals surface area contributed by atoms with Gasteiger partial charge in [-0.2, -0.15) is 0 Å². The van der Waals surface area contributed by atoms with E-state index < -0.39 is 17.3 Å². The molecule has 3 aromatic rings. The highest BCUT2D eigenvalue weighted by atomic mass is 35.5. The number of halogens is 2. The Bertz CT molecular complexity index is 1120. The first-order chi connectivity index (χ1) is 12.8. The van der Waals surface area contributed by atoms with E-state index in [0.717, 1.165) is 0 Å². The van der Waals surface area contributed by atoms with E-state index in [0.29, 0.717) is 33.4 Å². The van der Waals surface area contributed by atoms with Crippen molar-refractivity contribution in [2.24, 2.45) is 4.99 Å². The molecule has 0 saturated carbocycles. The molecule has 2 aromatic carbocycles. The van der Waals surface area contributed by atoms with E-state index in [2.05, 4.69) is 4.98 Å². The Morgan fingerprint density at radius 3 is 2.63 bits per heavy atom. The summed E-state index contributed by atoms with van der Waals surface area (Å²) in [5.74, 6) is -1.07. The predicted octanol–water partition coefficient (Wildman–Crippen LogP) is 4.45. The average molecular weight is 384 g/mol. The van der Waals surface area contributed by atoms with Gasteiger partial charge in [0.2, 0.25) is 0 Å². The van der Waals surface area contributed by atoms with Crippen molar-refractivity contribution in [1.82, 2.24) is 9.55 Å². The van der Waals surface area contributed by atoms with E-state index in [1.807, 2.05) is 13.8 Å². The molecule has 0 unspecified atom stereocenters. The van der Waals surface area contributed by atoms with Crippen LogP contribution < -0.4 is 0 Å². The molecule has 0 aliphatic carbocycles. The fraction of sp³-hybridized carbons (Fsp3) is 0.150. The number of hydrogen-bond acceptors (Lipinski definition) is 3. The molecule has 136 valence electrons. The van der Waals surface area contributed by atoms with Crippen LogP contribution in [0.1, 0.15) is 41.3 Å². The lowest BCUT2D eigenvalue weighted by Crippen LogP contribution is -2.20. The number of rotatable bonds is 2. The van der Waals surface area contributed by atoms with E-state index in [1.54, 1.807) is 41.0 Å². The van der Waals surface area contributed by atoms with E-state index in [4.69, 9.17) is 16.6 Å². The van der Waals surface area contributed by atoms with Gasteiger partial charge in [-0.15, -0.1) is 0 Å². The molecule has 27 heavy (non-hydrogen) atoms. The third-order valence-electron chi connectivity index (χ3n) is 4.47. The van der Waals surface area contributed by atoms with Gasteiger partial charge in [0, 0.05) is 22.3 Å². The van der Waals surface area contributed by atoms with Crippen molar-refractivity contribution in [2.75, 3.05) is 0 Å². The smallest absolute Gasteiger partial charge is 0.356 e. The Balaban J connectivity index is 2.09. The molecule has 0 amide bonds. The number of aliphatic imine (C=N–C) groups is 1. The lowest BCUT2D eigenvalue weighted by molar-refractivity contribution is 0.0691. The minimum absolute atomic E-state index is 0.0801. The third kappa shape index (κ3) is 2.82. The summed E-state index contributed by atoms with van der Waals surface area (Å²) in [5.41, 5.74) is 1.06. The second-order valence-electron chi connectivity index (χ2n) is 6.79. The van der Waals surface area contributed by atoms with Crippen molar-refractivity contribution in [3.05, 3.63) is 82.1 Å². The largest absolute Gasteiger partial charge is 0.476 e. The van der Waals surface area contributed by atoms with Gasteiger partial charge in [0.05, 0.1) is 11.4 Å². The van der Waals surface area contributed by atoms with Crippen LogP contribution in [0.15, 0.2) is 53.7 Å². The van der Waals surface area contributed by atoms with Crippen LogP contribution in [0.3, 0.4) is 0 Å². The maximum absolute atomic E-state index is 14.6. The Hall–Kier alpha value is -2.99. The van der Waals surface area contributed by atoms with Crippen LogP contribution in [0.25, 0.3) is 5.69 Å². The van der Waals surface area contributed by atoms with Gasteiger partial charge in [-0.25, -0.2) is 14.2 Å². The van der Waals surface area contributed by atoms with Gasteiger partial charge in [0.1, 0.15) is 17.2 Å². The topological polar surface area (TPSA) is 67.5 Å². The van der Waals surface area contributed by atoms with Crippen molar-refractivity contribution in [1.29, 1.82) is 0 Å². The molecule has 1 N–H and O–H groups in total. The van der Waals surface area contributed by atoms with Gasteiger partial charge in [0.15, 0.2) is 5.69 Å². The molecule has 1 aromatic heterocycles. The van der Waals surface area contributed by atoms with Crippen LogP contribution in [-0.4, -0.2) is 26.3 Å². The highest BCUT2D eigenvalue weighted by Gasteiger charge is 2.34. The monoisotopic (exact) mass is 383 g/mol. The minimum Gasteiger partial charge on any atom is -0.476 e. The molecule has 0 fully saturated rings. The van der Waals surface area contributed by atoms with Crippen LogP contribution in [-0.2, 0) is 5.54 Å². The quantitative estimate of drug-likeness (QED) is 0.710. The summed E-state index contributed by atoms with van der Waals surface area (Å²) in [4.78, 5) is 20.5. The van der Waals surface area contributed by atoms with Crippen LogP contribution in [0.4, 0.5) is 4.39 Å². The summed E-state index contributed by atoms with van der Waals surface area (Å²) in [6.07, 6.45) is 1.45. The summed E-state index contributed by atoms with van der Waals surface area (Å²) in [7, 11) is 0. The van der Waals surface area contributed by atoms with E-state index in [9.17, 15) is 14.3 Å². The number of carboxylic acid groups (broad SMARTS) is 1. The number of aromatic nitrogens is 2. The Kier molecular flexibility index (Phi) is 3.89. The van der Waals surface area contributed by atoms with Gasteiger partial charge in [-0.3, -0.25) is 4.99 Å². The number of aromatic carboxylic acids is 1. The zero-order valence-electron chi connectivity index (χ0n) is 14.6. The normalized spacial score (nSPS) is 14.7. The van der Waals surface area contributed by atoms with Crippen molar-refractivity contribution < 1.29 is 14.3 Å². The molecular formula is C20H15ClFN3O2. The lowest BCUT2D eigenvalue weighted by atomic mass is 9.99. The first-order valence-corrected chi connectivity index (χ1v) is 8.64. The Labute approximate surface area is 159 Å². The van der Waals surface area contributed by atoms with Crippen LogP contribution in [0, 0.1) is 5.82 Å².